The molecule has 1 aromatic carbocycles. The van der Waals surface area contributed by atoms with Gasteiger partial charge in [-0.05, 0) is 24.6 Å². The first-order valence-electron chi connectivity index (χ1n) is 7.29. The molecule has 24 heavy (non-hydrogen) atoms. The SMILES string of the molecule is Cc1cc(Cl)cc2nc(Nc3cnn(CC(=O)NCCO)c3)oc12. The number of rotatable bonds is 6. The van der Waals surface area contributed by atoms with Gasteiger partial charge in [0.2, 0.25) is 5.91 Å². The molecule has 0 aliphatic rings. The number of hydrogen-bond acceptors (Lipinski definition) is 6. The van der Waals surface area contributed by atoms with Gasteiger partial charge in [0.1, 0.15) is 12.1 Å². The van der Waals surface area contributed by atoms with E-state index in [9.17, 15) is 4.79 Å². The predicted molar refractivity (Wildman–Crippen MR) is 89.4 cm³/mol. The van der Waals surface area contributed by atoms with Crippen molar-refractivity contribution in [1.82, 2.24) is 20.1 Å². The number of aliphatic hydroxyl groups excluding tert-OH is 1. The van der Waals surface area contributed by atoms with Gasteiger partial charge in [-0.3, -0.25) is 9.48 Å². The monoisotopic (exact) mass is 349 g/mol. The summed E-state index contributed by atoms with van der Waals surface area (Å²) in [5.74, 6) is -0.231. The van der Waals surface area contributed by atoms with Gasteiger partial charge in [-0.15, -0.1) is 0 Å². The lowest BCUT2D eigenvalue weighted by molar-refractivity contribution is -0.122. The van der Waals surface area contributed by atoms with Gasteiger partial charge in [-0.2, -0.15) is 10.1 Å². The quantitative estimate of drug-likeness (QED) is 0.627. The Balaban J connectivity index is 1.70. The summed E-state index contributed by atoms with van der Waals surface area (Å²) in [7, 11) is 0. The zero-order valence-corrected chi connectivity index (χ0v) is 13.7. The molecular formula is C15H16ClN5O3. The Bertz CT molecular complexity index is 873. The number of halogens is 1. The molecule has 3 aromatic rings. The molecule has 0 aliphatic heterocycles. The third kappa shape index (κ3) is 3.66. The minimum absolute atomic E-state index is 0.0595. The van der Waals surface area contributed by atoms with Crippen molar-refractivity contribution in [3.63, 3.8) is 0 Å². The molecule has 0 bridgehead atoms. The Kier molecular flexibility index (Phi) is 4.68. The predicted octanol–water partition coefficient (Wildman–Crippen LogP) is 1.84. The second-order valence-electron chi connectivity index (χ2n) is 5.22. The maximum atomic E-state index is 11.6. The molecule has 0 saturated heterocycles. The first kappa shape index (κ1) is 16.3. The zero-order chi connectivity index (χ0) is 17.1. The lowest BCUT2D eigenvalue weighted by Crippen LogP contribution is -2.30. The van der Waals surface area contributed by atoms with Crippen LogP contribution in [0, 0.1) is 6.92 Å². The summed E-state index contributed by atoms with van der Waals surface area (Å²) < 4.78 is 7.15. The molecule has 3 rings (SSSR count). The van der Waals surface area contributed by atoms with Crippen LogP contribution >= 0.6 is 11.6 Å². The van der Waals surface area contributed by atoms with E-state index >= 15 is 0 Å². The number of oxazole rings is 1. The fraction of sp³-hybridized carbons (Fsp3) is 0.267. The highest BCUT2D eigenvalue weighted by atomic mass is 35.5. The second-order valence-corrected chi connectivity index (χ2v) is 5.65. The number of hydrogen-bond donors (Lipinski definition) is 3. The number of fused-ring (bicyclic) bond motifs is 1. The number of aromatic nitrogens is 3. The normalized spacial score (nSPS) is 11.0. The summed E-state index contributed by atoms with van der Waals surface area (Å²) in [6.45, 7) is 2.07. The van der Waals surface area contributed by atoms with Crippen molar-refractivity contribution in [2.24, 2.45) is 0 Å². The van der Waals surface area contributed by atoms with Crippen molar-refractivity contribution in [3.05, 3.63) is 35.1 Å². The molecule has 126 valence electrons. The maximum absolute atomic E-state index is 11.6. The molecule has 0 radical (unpaired) electrons. The van der Waals surface area contributed by atoms with Crippen LogP contribution in [-0.4, -0.2) is 38.9 Å². The number of carbonyl (C=O) groups excluding carboxylic acids is 1. The van der Waals surface area contributed by atoms with Gasteiger partial charge in [0.25, 0.3) is 6.01 Å². The Morgan fingerprint density at radius 3 is 3.08 bits per heavy atom. The third-order valence-electron chi connectivity index (χ3n) is 3.26. The van der Waals surface area contributed by atoms with Gasteiger partial charge >= 0.3 is 0 Å². The minimum Gasteiger partial charge on any atom is -0.423 e. The lowest BCUT2D eigenvalue weighted by atomic mass is 10.2. The van der Waals surface area contributed by atoms with Crippen molar-refractivity contribution < 1.29 is 14.3 Å². The highest BCUT2D eigenvalue weighted by Gasteiger charge is 2.11. The molecule has 0 fully saturated rings. The molecule has 0 unspecified atom stereocenters. The lowest BCUT2D eigenvalue weighted by Gasteiger charge is -2.02. The Hall–Kier alpha value is -2.58. The summed E-state index contributed by atoms with van der Waals surface area (Å²) in [6.07, 6.45) is 3.22. The van der Waals surface area contributed by atoms with E-state index in [-0.39, 0.29) is 25.6 Å². The number of amides is 1. The van der Waals surface area contributed by atoms with Crippen molar-refractivity contribution >= 4 is 40.3 Å². The van der Waals surface area contributed by atoms with E-state index in [0.717, 1.165) is 5.56 Å². The number of aliphatic hydroxyl groups is 1. The molecule has 9 heteroatoms. The number of carbonyl (C=O) groups is 1. The fourth-order valence-corrected chi connectivity index (χ4v) is 2.51. The van der Waals surface area contributed by atoms with Crippen molar-refractivity contribution in [1.29, 1.82) is 0 Å². The molecule has 0 saturated carbocycles. The molecule has 8 nitrogen and oxygen atoms in total. The smallest absolute Gasteiger partial charge is 0.300 e. The summed E-state index contributed by atoms with van der Waals surface area (Å²) in [4.78, 5) is 15.9. The van der Waals surface area contributed by atoms with E-state index in [2.05, 4.69) is 20.7 Å². The van der Waals surface area contributed by atoms with Crippen LogP contribution in [0.4, 0.5) is 11.7 Å². The van der Waals surface area contributed by atoms with E-state index in [1.54, 1.807) is 18.5 Å². The Labute approximate surface area is 142 Å². The van der Waals surface area contributed by atoms with Crippen LogP contribution < -0.4 is 10.6 Å². The largest absolute Gasteiger partial charge is 0.423 e. The van der Waals surface area contributed by atoms with E-state index < -0.39 is 0 Å². The Morgan fingerprint density at radius 1 is 1.46 bits per heavy atom. The average Bonchev–Trinajstić information content (AvgIpc) is 3.12. The van der Waals surface area contributed by atoms with E-state index in [1.807, 2.05) is 13.0 Å². The standard InChI is InChI=1S/C15H16ClN5O3/c1-9-4-10(16)5-12-14(9)24-15(20-12)19-11-6-18-21(7-11)8-13(23)17-2-3-22/h4-7,22H,2-3,8H2,1H3,(H,17,23)(H,19,20). The average molecular weight is 350 g/mol. The molecule has 0 aliphatic carbocycles. The molecule has 2 heterocycles. The molecular weight excluding hydrogens is 334 g/mol. The van der Waals surface area contributed by atoms with Crippen LogP contribution in [0.1, 0.15) is 5.56 Å². The van der Waals surface area contributed by atoms with Crippen molar-refractivity contribution in [3.8, 4) is 0 Å². The minimum atomic E-state index is -0.231. The highest BCUT2D eigenvalue weighted by Crippen LogP contribution is 2.27. The van der Waals surface area contributed by atoms with Crippen molar-refractivity contribution in [2.45, 2.75) is 13.5 Å². The zero-order valence-electron chi connectivity index (χ0n) is 12.9. The van der Waals surface area contributed by atoms with Gasteiger partial charge in [0, 0.05) is 17.8 Å². The second kappa shape index (κ2) is 6.90. The number of anilines is 2. The fourth-order valence-electron chi connectivity index (χ4n) is 2.25. The van der Waals surface area contributed by atoms with Crippen LogP contribution in [0.5, 0.6) is 0 Å². The van der Waals surface area contributed by atoms with Crippen LogP contribution in [0.3, 0.4) is 0 Å². The van der Waals surface area contributed by atoms with Crippen LogP contribution in [0.2, 0.25) is 5.02 Å². The van der Waals surface area contributed by atoms with E-state index in [0.29, 0.717) is 27.8 Å². The number of benzene rings is 1. The number of aryl methyl sites for hydroxylation is 1. The van der Waals surface area contributed by atoms with Crippen LogP contribution in [-0.2, 0) is 11.3 Å². The maximum Gasteiger partial charge on any atom is 0.300 e. The first-order chi connectivity index (χ1) is 11.5. The summed E-state index contributed by atoms with van der Waals surface area (Å²) in [6, 6.07) is 3.86. The summed E-state index contributed by atoms with van der Waals surface area (Å²) >= 11 is 6.01. The molecule has 2 aromatic heterocycles. The summed E-state index contributed by atoms with van der Waals surface area (Å²) in [5, 5.41) is 18.9. The Morgan fingerprint density at radius 2 is 2.29 bits per heavy atom. The van der Waals surface area contributed by atoms with E-state index in [4.69, 9.17) is 21.1 Å². The number of nitrogens with one attached hydrogen (secondary N) is 2. The number of nitrogens with zero attached hydrogens (tertiary/aromatic N) is 3. The molecule has 1 amide bonds. The third-order valence-corrected chi connectivity index (χ3v) is 3.48. The first-order valence-corrected chi connectivity index (χ1v) is 7.66. The molecule has 0 atom stereocenters. The van der Waals surface area contributed by atoms with Crippen LogP contribution in [0.15, 0.2) is 28.9 Å². The van der Waals surface area contributed by atoms with Gasteiger partial charge in [0.15, 0.2) is 5.58 Å². The van der Waals surface area contributed by atoms with Crippen LogP contribution in [0.25, 0.3) is 11.1 Å². The summed E-state index contributed by atoms with van der Waals surface area (Å²) in [5.41, 5.74) is 2.87. The molecule has 0 spiro atoms. The van der Waals surface area contributed by atoms with Crippen molar-refractivity contribution in [2.75, 3.05) is 18.5 Å². The van der Waals surface area contributed by atoms with Gasteiger partial charge in [0.05, 0.1) is 18.5 Å². The molecule has 3 N–H and O–H groups in total. The van der Waals surface area contributed by atoms with Gasteiger partial charge in [-0.25, -0.2) is 0 Å². The topological polar surface area (TPSA) is 105 Å². The highest BCUT2D eigenvalue weighted by molar-refractivity contribution is 6.31. The van der Waals surface area contributed by atoms with E-state index in [1.165, 1.54) is 4.68 Å². The van der Waals surface area contributed by atoms with Gasteiger partial charge in [-0.1, -0.05) is 11.6 Å². The van der Waals surface area contributed by atoms with Gasteiger partial charge < -0.3 is 20.2 Å².